The van der Waals surface area contributed by atoms with Gasteiger partial charge in [-0.3, -0.25) is 19.7 Å². The lowest BCUT2D eigenvalue weighted by atomic mass is 10.1. The van der Waals surface area contributed by atoms with Gasteiger partial charge in [-0.25, -0.2) is 4.39 Å². The first-order valence-electron chi connectivity index (χ1n) is 9.23. The topological polar surface area (TPSA) is 105 Å². The van der Waals surface area contributed by atoms with Crippen molar-refractivity contribution in [3.05, 3.63) is 81.3 Å². The lowest BCUT2D eigenvalue weighted by Gasteiger charge is -2.13. The SMILES string of the molecule is CN(C)CCCNC(=O)C(=Cc1ccccc1F)NC(=O)c1ccc([N+](=O)[O-])cc1. The molecule has 9 heteroatoms. The number of carbonyl (C=O) groups is 2. The van der Waals surface area contributed by atoms with Crippen LogP contribution in [0, 0.1) is 15.9 Å². The molecule has 0 saturated carbocycles. The Bertz CT molecular complexity index is 942. The number of halogens is 1. The van der Waals surface area contributed by atoms with E-state index in [1.54, 1.807) is 6.07 Å². The monoisotopic (exact) mass is 414 g/mol. The van der Waals surface area contributed by atoms with Gasteiger partial charge in [0.05, 0.1) is 4.92 Å². The number of carbonyl (C=O) groups excluding carboxylic acids is 2. The summed E-state index contributed by atoms with van der Waals surface area (Å²) in [6, 6.07) is 10.8. The number of rotatable bonds is 9. The predicted molar refractivity (Wildman–Crippen MR) is 111 cm³/mol. The molecule has 158 valence electrons. The van der Waals surface area contributed by atoms with Crippen molar-refractivity contribution < 1.29 is 18.9 Å². The van der Waals surface area contributed by atoms with Gasteiger partial charge >= 0.3 is 0 Å². The first kappa shape index (κ1) is 22.7. The minimum atomic E-state index is -0.643. The summed E-state index contributed by atoms with van der Waals surface area (Å²) >= 11 is 0. The Balaban J connectivity index is 2.20. The van der Waals surface area contributed by atoms with Gasteiger partial charge in [0.25, 0.3) is 17.5 Å². The Morgan fingerprint density at radius 1 is 1.13 bits per heavy atom. The Morgan fingerprint density at radius 2 is 1.80 bits per heavy atom. The normalized spacial score (nSPS) is 11.3. The molecule has 0 aliphatic rings. The van der Waals surface area contributed by atoms with E-state index in [1.165, 1.54) is 48.5 Å². The van der Waals surface area contributed by atoms with Crippen LogP contribution in [0.4, 0.5) is 10.1 Å². The number of nitro groups is 1. The van der Waals surface area contributed by atoms with E-state index in [-0.39, 0.29) is 22.5 Å². The van der Waals surface area contributed by atoms with Gasteiger partial charge in [0.1, 0.15) is 11.5 Å². The first-order valence-corrected chi connectivity index (χ1v) is 9.23. The van der Waals surface area contributed by atoms with Crippen molar-refractivity contribution in [1.29, 1.82) is 0 Å². The van der Waals surface area contributed by atoms with E-state index in [2.05, 4.69) is 10.6 Å². The lowest BCUT2D eigenvalue weighted by molar-refractivity contribution is -0.384. The van der Waals surface area contributed by atoms with Crippen LogP contribution in [0.5, 0.6) is 0 Å². The zero-order valence-corrected chi connectivity index (χ0v) is 16.7. The molecule has 0 saturated heterocycles. The fourth-order valence-corrected chi connectivity index (χ4v) is 2.53. The number of nitrogens with zero attached hydrogens (tertiary/aromatic N) is 2. The van der Waals surface area contributed by atoms with Crippen LogP contribution < -0.4 is 10.6 Å². The third kappa shape index (κ3) is 6.78. The highest BCUT2D eigenvalue weighted by atomic mass is 19.1. The Hall–Kier alpha value is -3.59. The molecule has 0 atom stereocenters. The van der Waals surface area contributed by atoms with Crippen LogP contribution in [-0.2, 0) is 4.79 Å². The lowest BCUT2D eigenvalue weighted by Crippen LogP contribution is -2.36. The number of hydrogen-bond donors (Lipinski definition) is 2. The maximum atomic E-state index is 14.0. The van der Waals surface area contributed by atoms with E-state index in [1.807, 2.05) is 19.0 Å². The number of nitrogens with one attached hydrogen (secondary N) is 2. The maximum absolute atomic E-state index is 14.0. The van der Waals surface area contributed by atoms with Crippen molar-refractivity contribution in [2.75, 3.05) is 27.2 Å². The summed E-state index contributed by atoms with van der Waals surface area (Å²) in [5.41, 5.74) is -0.0269. The zero-order chi connectivity index (χ0) is 22.1. The summed E-state index contributed by atoms with van der Waals surface area (Å²) in [5, 5.41) is 15.9. The van der Waals surface area contributed by atoms with Crippen molar-refractivity contribution in [2.24, 2.45) is 0 Å². The van der Waals surface area contributed by atoms with Gasteiger partial charge in [-0.2, -0.15) is 0 Å². The maximum Gasteiger partial charge on any atom is 0.269 e. The molecule has 0 aliphatic carbocycles. The second-order valence-electron chi connectivity index (χ2n) is 6.75. The smallest absolute Gasteiger partial charge is 0.269 e. The van der Waals surface area contributed by atoms with Gasteiger partial charge in [0.2, 0.25) is 0 Å². The molecule has 0 radical (unpaired) electrons. The summed E-state index contributed by atoms with van der Waals surface area (Å²) in [6.45, 7) is 1.14. The van der Waals surface area contributed by atoms with Crippen LogP contribution in [0.15, 0.2) is 54.2 Å². The zero-order valence-electron chi connectivity index (χ0n) is 16.7. The summed E-state index contributed by atoms with van der Waals surface area (Å²) in [5.74, 6) is -1.75. The molecule has 2 rings (SSSR count). The highest BCUT2D eigenvalue weighted by Crippen LogP contribution is 2.14. The molecule has 0 fully saturated rings. The Kier molecular flexibility index (Phi) is 8.18. The molecule has 2 aromatic rings. The molecular weight excluding hydrogens is 391 g/mol. The summed E-state index contributed by atoms with van der Waals surface area (Å²) in [7, 11) is 3.82. The van der Waals surface area contributed by atoms with Gasteiger partial charge in [-0.1, -0.05) is 18.2 Å². The number of benzene rings is 2. The van der Waals surface area contributed by atoms with Crippen LogP contribution in [0.2, 0.25) is 0 Å². The number of hydrogen-bond acceptors (Lipinski definition) is 5. The second kappa shape index (κ2) is 10.8. The van der Waals surface area contributed by atoms with E-state index in [9.17, 15) is 24.1 Å². The summed E-state index contributed by atoms with van der Waals surface area (Å²) in [4.78, 5) is 37.3. The molecule has 0 spiro atoms. The third-order valence-corrected chi connectivity index (χ3v) is 4.11. The van der Waals surface area contributed by atoms with Gasteiger partial charge in [-0.05, 0) is 51.3 Å². The molecule has 2 aromatic carbocycles. The van der Waals surface area contributed by atoms with E-state index in [0.29, 0.717) is 13.0 Å². The second-order valence-corrected chi connectivity index (χ2v) is 6.75. The summed E-state index contributed by atoms with van der Waals surface area (Å²) in [6.07, 6.45) is 1.95. The minimum absolute atomic E-state index is 0.125. The van der Waals surface area contributed by atoms with Crippen LogP contribution in [-0.4, -0.2) is 48.8 Å². The highest BCUT2D eigenvalue weighted by molar-refractivity contribution is 6.05. The molecule has 0 aliphatic heterocycles. The molecule has 8 nitrogen and oxygen atoms in total. The van der Waals surface area contributed by atoms with E-state index < -0.39 is 22.6 Å². The third-order valence-electron chi connectivity index (χ3n) is 4.11. The molecule has 0 bridgehead atoms. The van der Waals surface area contributed by atoms with Crippen molar-refractivity contribution in [2.45, 2.75) is 6.42 Å². The molecule has 0 heterocycles. The van der Waals surface area contributed by atoms with Crippen molar-refractivity contribution >= 4 is 23.6 Å². The summed E-state index contributed by atoms with van der Waals surface area (Å²) < 4.78 is 14.0. The van der Waals surface area contributed by atoms with Crippen molar-refractivity contribution in [3.63, 3.8) is 0 Å². The number of amides is 2. The predicted octanol–water partition coefficient (Wildman–Crippen LogP) is 2.57. The molecule has 0 aromatic heterocycles. The van der Waals surface area contributed by atoms with Crippen LogP contribution in [0.3, 0.4) is 0 Å². The van der Waals surface area contributed by atoms with Gasteiger partial charge in [0, 0.05) is 29.8 Å². The average molecular weight is 414 g/mol. The molecule has 2 amide bonds. The molecule has 0 unspecified atom stereocenters. The average Bonchev–Trinajstić information content (AvgIpc) is 2.72. The minimum Gasteiger partial charge on any atom is -0.351 e. The highest BCUT2D eigenvalue weighted by Gasteiger charge is 2.16. The van der Waals surface area contributed by atoms with Crippen LogP contribution >= 0.6 is 0 Å². The first-order chi connectivity index (χ1) is 14.3. The molecule has 30 heavy (non-hydrogen) atoms. The van der Waals surface area contributed by atoms with E-state index >= 15 is 0 Å². The van der Waals surface area contributed by atoms with Gasteiger partial charge in [-0.15, -0.1) is 0 Å². The van der Waals surface area contributed by atoms with Crippen LogP contribution in [0.1, 0.15) is 22.3 Å². The Labute approximate surface area is 173 Å². The fourth-order valence-electron chi connectivity index (χ4n) is 2.53. The van der Waals surface area contributed by atoms with E-state index in [0.717, 1.165) is 6.54 Å². The van der Waals surface area contributed by atoms with Crippen molar-refractivity contribution in [1.82, 2.24) is 15.5 Å². The van der Waals surface area contributed by atoms with Gasteiger partial charge in [0.15, 0.2) is 0 Å². The van der Waals surface area contributed by atoms with E-state index in [4.69, 9.17) is 0 Å². The number of non-ortho nitro benzene ring substituents is 1. The standard InChI is InChI=1S/C21H23FN4O4/c1-25(2)13-5-12-23-21(28)19(14-16-6-3-4-7-18(16)22)24-20(27)15-8-10-17(11-9-15)26(29)30/h3-4,6-11,14H,5,12-13H2,1-2H3,(H,23,28)(H,24,27). The van der Waals surface area contributed by atoms with Gasteiger partial charge < -0.3 is 15.5 Å². The van der Waals surface area contributed by atoms with Crippen LogP contribution in [0.25, 0.3) is 6.08 Å². The molecular formula is C21H23FN4O4. The fraction of sp³-hybridized carbons (Fsp3) is 0.238. The number of nitro benzene ring substituents is 1. The Morgan fingerprint density at radius 3 is 2.40 bits per heavy atom. The van der Waals surface area contributed by atoms with Crippen molar-refractivity contribution in [3.8, 4) is 0 Å². The molecule has 2 N–H and O–H groups in total. The quantitative estimate of drug-likeness (QED) is 0.284. The largest absolute Gasteiger partial charge is 0.351 e.